The number of carbonyl (C=O) groups is 2. The molecular formula is C8H12N2O3S. The van der Waals surface area contributed by atoms with E-state index in [0.29, 0.717) is 11.7 Å². The van der Waals surface area contributed by atoms with Gasteiger partial charge in [0.25, 0.3) is 5.91 Å². The standard InChI is InChI=1S/C8H12N2O3S/c1-2-10-7(13)5(9-8(10)14)3-4-6(11)12/h5H,2-4H2,1H3,(H,9,14)(H,11,12). The van der Waals surface area contributed by atoms with Crippen LogP contribution >= 0.6 is 12.2 Å². The Morgan fingerprint density at radius 1 is 1.71 bits per heavy atom. The molecular weight excluding hydrogens is 204 g/mol. The number of nitrogens with one attached hydrogen (secondary N) is 1. The van der Waals surface area contributed by atoms with Gasteiger partial charge < -0.3 is 10.4 Å². The van der Waals surface area contributed by atoms with E-state index in [1.165, 1.54) is 4.90 Å². The number of carboxylic acids is 1. The van der Waals surface area contributed by atoms with Crippen LogP contribution in [0.3, 0.4) is 0 Å². The Bertz CT molecular complexity index is 280. The summed E-state index contributed by atoms with van der Waals surface area (Å²) in [6.07, 6.45) is 0.258. The molecule has 1 heterocycles. The molecule has 1 aliphatic rings. The van der Waals surface area contributed by atoms with E-state index in [0.717, 1.165) is 0 Å². The summed E-state index contributed by atoms with van der Waals surface area (Å²) in [4.78, 5) is 23.3. The lowest BCUT2D eigenvalue weighted by Gasteiger charge is -2.10. The highest BCUT2D eigenvalue weighted by molar-refractivity contribution is 7.80. The molecule has 0 radical (unpaired) electrons. The molecule has 0 aromatic carbocycles. The van der Waals surface area contributed by atoms with E-state index in [-0.39, 0.29) is 18.7 Å². The van der Waals surface area contributed by atoms with Crippen molar-refractivity contribution in [3.05, 3.63) is 0 Å². The molecule has 0 aliphatic carbocycles. The van der Waals surface area contributed by atoms with Crippen molar-refractivity contribution in [2.45, 2.75) is 25.8 Å². The summed E-state index contributed by atoms with van der Waals surface area (Å²) in [6.45, 7) is 2.35. The van der Waals surface area contributed by atoms with Gasteiger partial charge in [0.15, 0.2) is 5.11 Å². The number of carboxylic acid groups (broad SMARTS) is 1. The first-order valence-corrected chi connectivity index (χ1v) is 4.80. The van der Waals surface area contributed by atoms with Gasteiger partial charge in [0.1, 0.15) is 6.04 Å². The number of hydrogen-bond donors (Lipinski definition) is 2. The largest absolute Gasteiger partial charge is 0.481 e. The van der Waals surface area contributed by atoms with Gasteiger partial charge in [0.2, 0.25) is 0 Å². The number of thiocarbonyl (C=S) groups is 1. The number of nitrogens with zero attached hydrogens (tertiary/aromatic N) is 1. The second-order valence-corrected chi connectivity index (χ2v) is 3.40. The van der Waals surface area contributed by atoms with Crippen LogP contribution in [0.4, 0.5) is 0 Å². The summed E-state index contributed by atoms with van der Waals surface area (Å²) >= 11 is 4.92. The zero-order chi connectivity index (χ0) is 10.7. The second kappa shape index (κ2) is 4.36. The summed E-state index contributed by atoms with van der Waals surface area (Å²) in [5.41, 5.74) is 0. The Morgan fingerprint density at radius 2 is 2.36 bits per heavy atom. The monoisotopic (exact) mass is 216 g/mol. The molecule has 14 heavy (non-hydrogen) atoms. The van der Waals surface area contributed by atoms with Crippen molar-refractivity contribution >= 4 is 29.2 Å². The van der Waals surface area contributed by atoms with E-state index in [1.807, 2.05) is 6.92 Å². The Balaban J connectivity index is 2.53. The fourth-order valence-electron chi connectivity index (χ4n) is 1.34. The minimum Gasteiger partial charge on any atom is -0.481 e. The predicted molar refractivity (Wildman–Crippen MR) is 53.8 cm³/mol. The molecule has 1 unspecified atom stereocenters. The third-order valence-corrected chi connectivity index (χ3v) is 2.41. The molecule has 1 fully saturated rings. The summed E-state index contributed by atoms with van der Waals surface area (Å²) in [5, 5.41) is 11.7. The molecule has 0 bridgehead atoms. The van der Waals surface area contributed by atoms with Crippen molar-refractivity contribution in [2.24, 2.45) is 0 Å². The van der Waals surface area contributed by atoms with Gasteiger partial charge in [-0.15, -0.1) is 0 Å². The third-order valence-electron chi connectivity index (χ3n) is 2.07. The van der Waals surface area contributed by atoms with Crippen LogP contribution in [0.25, 0.3) is 0 Å². The fraction of sp³-hybridized carbons (Fsp3) is 0.625. The van der Waals surface area contributed by atoms with Gasteiger partial charge in [-0.05, 0) is 25.6 Å². The first-order chi connectivity index (χ1) is 6.56. The zero-order valence-electron chi connectivity index (χ0n) is 7.82. The summed E-state index contributed by atoms with van der Waals surface area (Å²) in [7, 11) is 0. The molecule has 0 spiro atoms. The van der Waals surface area contributed by atoms with Crippen LogP contribution in [-0.2, 0) is 9.59 Å². The molecule has 5 nitrogen and oxygen atoms in total. The lowest BCUT2D eigenvalue weighted by atomic mass is 10.1. The van der Waals surface area contributed by atoms with Gasteiger partial charge in [0.05, 0.1) is 0 Å². The molecule has 1 rings (SSSR count). The van der Waals surface area contributed by atoms with Crippen LogP contribution in [0.2, 0.25) is 0 Å². The molecule has 0 aromatic heterocycles. The van der Waals surface area contributed by atoms with Crippen LogP contribution in [0.5, 0.6) is 0 Å². The number of amides is 1. The molecule has 1 atom stereocenters. The summed E-state index contributed by atoms with van der Waals surface area (Å²) in [6, 6.07) is -0.460. The molecule has 1 saturated heterocycles. The van der Waals surface area contributed by atoms with E-state index in [1.54, 1.807) is 0 Å². The van der Waals surface area contributed by atoms with Crippen LogP contribution in [0.1, 0.15) is 19.8 Å². The Hall–Kier alpha value is -1.17. The first-order valence-electron chi connectivity index (χ1n) is 4.40. The maximum atomic E-state index is 11.5. The highest BCUT2D eigenvalue weighted by Gasteiger charge is 2.33. The number of rotatable bonds is 4. The molecule has 1 aliphatic heterocycles. The van der Waals surface area contributed by atoms with Crippen molar-refractivity contribution in [3.63, 3.8) is 0 Å². The van der Waals surface area contributed by atoms with Gasteiger partial charge in [-0.1, -0.05) is 0 Å². The summed E-state index contributed by atoms with van der Waals surface area (Å²) < 4.78 is 0. The summed E-state index contributed by atoms with van der Waals surface area (Å²) in [5.74, 6) is -1.03. The van der Waals surface area contributed by atoms with Gasteiger partial charge >= 0.3 is 5.97 Å². The number of likely N-dealkylation sites (N-methyl/N-ethyl adjacent to an activating group) is 1. The zero-order valence-corrected chi connectivity index (χ0v) is 8.63. The smallest absolute Gasteiger partial charge is 0.303 e. The maximum absolute atomic E-state index is 11.5. The molecule has 1 amide bonds. The van der Waals surface area contributed by atoms with E-state index >= 15 is 0 Å². The molecule has 2 N–H and O–H groups in total. The van der Waals surface area contributed by atoms with Crippen molar-refractivity contribution < 1.29 is 14.7 Å². The van der Waals surface area contributed by atoms with Crippen molar-refractivity contribution in [2.75, 3.05) is 6.54 Å². The van der Waals surface area contributed by atoms with Gasteiger partial charge in [0, 0.05) is 13.0 Å². The Kier molecular flexibility index (Phi) is 3.40. The van der Waals surface area contributed by atoms with E-state index in [4.69, 9.17) is 17.3 Å². The van der Waals surface area contributed by atoms with Crippen LogP contribution in [0.15, 0.2) is 0 Å². The average molecular weight is 216 g/mol. The molecule has 0 saturated carbocycles. The van der Waals surface area contributed by atoms with Crippen LogP contribution < -0.4 is 5.32 Å². The lowest BCUT2D eigenvalue weighted by Crippen LogP contribution is -2.31. The van der Waals surface area contributed by atoms with Crippen LogP contribution in [0, 0.1) is 0 Å². The van der Waals surface area contributed by atoms with Crippen molar-refractivity contribution in [1.29, 1.82) is 0 Å². The van der Waals surface area contributed by atoms with Gasteiger partial charge in [-0.25, -0.2) is 0 Å². The highest BCUT2D eigenvalue weighted by atomic mass is 32.1. The van der Waals surface area contributed by atoms with Gasteiger partial charge in [-0.3, -0.25) is 14.5 Å². The van der Waals surface area contributed by atoms with Gasteiger partial charge in [-0.2, -0.15) is 0 Å². The topological polar surface area (TPSA) is 69.6 Å². The third kappa shape index (κ3) is 2.20. The number of carbonyl (C=O) groups excluding carboxylic acids is 1. The minimum atomic E-state index is -0.902. The van der Waals surface area contributed by atoms with Crippen molar-refractivity contribution in [3.8, 4) is 0 Å². The Morgan fingerprint density at radius 3 is 2.79 bits per heavy atom. The Labute approximate surface area is 87.1 Å². The molecule has 6 heteroatoms. The molecule has 0 aromatic rings. The normalized spacial score (nSPS) is 21.2. The predicted octanol–water partition coefficient (Wildman–Crippen LogP) is -0.0436. The maximum Gasteiger partial charge on any atom is 0.303 e. The second-order valence-electron chi connectivity index (χ2n) is 3.02. The van der Waals surface area contributed by atoms with Crippen molar-refractivity contribution in [1.82, 2.24) is 10.2 Å². The lowest BCUT2D eigenvalue weighted by molar-refractivity contribution is -0.137. The quantitative estimate of drug-likeness (QED) is 0.645. The van der Waals surface area contributed by atoms with E-state index in [9.17, 15) is 9.59 Å². The van der Waals surface area contributed by atoms with Crippen LogP contribution in [-0.4, -0.2) is 39.6 Å². The molecule has 78 valence electrons. The number of aliphatic carboxylic acids is 1. The highest BCUT2D eigenvalue weighted by Crippen LogP contribution is 2.10. The number of hydrogen-bond acceptors (Lipinski definition) is 3. The van der Waals surface area contributed by atoms with E-state index < -0.39 is 12.0 Å². The minimum absolute atomic E-state index is 0.0242. The fourth-order valence-corrected chi connectivity index (χ4v) is 1.70. The SMILES string of the molecule is CCN1C(=O)C(CCC(=O)O)NC1=S. The average Bonchev–Trinajstić information content (AvgIpc) is 2.38. The first kappa shape index (κ1) is 10.9. The van der Waals surface area contributed by atoms with E-state index in [2.05, 4.69) is 5.32 Å².